The largest absolute Gasteiger partial charge is 0.496 e. The summed E-state index contributed by atoms with van der Waals surface area (Å²) in [6.07, 6.45) is -1.70. The molecule has 1 aliphatic rings. The Bertz CT molecular complexity index is 931. The van der Waals surface area contributed by atoms with E-state index in [1.165, 1.54) is 24.3 Å². The van der Waals surface area contributed by atoms with E-state index in [2.05, 4.69) is 5.32 Å². The number of nitrogens with one attached hydrogen (secondary N) is 1. The summed E-state index contributed by atoms with van der Waals surface area (Å²) in [5, 5.41) is 14.1. The Hall–Kier alpha value is -2.84. The number of aliphatic hydroxyl groups excluding tert-OH is 1. The number of hydrogen-bond donors (Lipinski definition) is 2. The van der Waals surface area contributed by atoms with Gasteiger partial charge in [0.05, 0.1) is 19.2 Å². The molecule has 7 nitrogen and oxygen atoms in total. The first-order valence-corrected chi connectivity index (χ1v) is 11.0. The minimum Gasteiger partial charge on any atom is -0.496 e. The fourth-order valence-corrected chi connectivity index (χ4v) is 4.17. The maximum atomic E-state index is 13.3. The molecule has 4 atom stereocenters. The minimum absolute atomic E-state index is 0.360. The minimum atomic E-state index is -0.908. The van der Waals surface area contributed by atoms with Gasteiger partial charge in [0.1, 0.15) is 35.1 Å². The number of hydrogen-bond acceptors (Lipinski definition) is 6. The van der Waals surface area contributed by atoms with E-state index in [1.54, 1.807) is 27.9 Å². The van der Waals surface area contributed by atoms with Crippen LogP contribution in [-0.4, -0.2) is 60.1 Å². The lowest BCUT2D eigenvalue weighted by Gasteiger charge is -2.33. The van der Waals surface area contributed by atoms with E-state index in [1.807, 2.05) is 36.2 Å². The normalized spacial score (nSPS) is 22.8. The van der Waals surface area contributed by atoms with Gasteiger partial charge in [0, 0.05) is 18.5 Å². The van der Waals surface area contributed by atoms with Crippen molar-refractivity contribution >= 4 is 6.09 Å². The molecule has 3 rings (SSSR count). The summed E-state index contributed by atoms with van der Waals surface area (Å²) in [7, 11) is 3.49. The average Bonchev–Trinajstić information content (AvgIpc) is 3.03. The Morgan fingerprint density at radius 3 is 2.48 bits per heavy atom. The summed E-state index contributed by atoms with van der Waals surface area (Å²) >= 11 is 0. The maximum absolute atomic E-state index is 13.3. The predicted molar refractivity (Wildman–Crippen MR) is 123 cm³/mol. The third-order valence-electron chi connectivity index (χ3n) is 5.55. The van der Waals surface area contributed by atoms with E-state index in [9.17, 15) is 14.3 Å². The third kappa shape index (κ3) is 6.58. The van der Waals surface area contributed by atoms with Crippen LogP contribution in [0, 0.1) is 5.82 Å². The highest BCUT2D eigenvalue weighted by atomic mass is 19.1. The molecule has 2 aromatic rings. The number of carbonyl (C=O) groups excluding carboxylic acids is 1. The number of carbonyl (C=O) groups is 1. The van der Waals surface area contributed by atoms with Crippen LogP contribution in [0.25, 0.3) is 0 Å². The van der Waals surface area contributed by atoms with E-state index >= 15 is 0 Å². The zero-order valence-electron chi connectivity index (χ0n) is 19.7. The quantitative estimate of drug-likeness (QED) is 0.655. The van der Waals surface area contributed by atoms with Crippen molar-refractivity contribution in [3.05, 3.63) is 59.9 Å². The van der Waals surface area contributed by atoms with Crippen molar-refractivity contribution in [1.82, 2.24) is 10.2 Å². The maximum Gasteiger partial charge on any atom is 0.407 e. The van der Waals surface area contributed by atoms with Crippen LogP contribution in [0.3, 0.4) is 0 Å². The highest BCUT2D eigenvalue weighted by molar-refractivity contribution is 5.68. The number of alkyl carbamates (subject to hydrolysis) is 1. The molecule has 1 saturated carbocycles. The van der Waals surface area contributed by atoms with E-state index in [0.29, 0.717) is 18.7 Å². The summed E-state index contributed by atoms with van der Waals surface area (Å²) in [6, 6.07) is 12.4. The van der Waals surface area contributed by atoms with Crippen LogP contribution in [0.2, 0.25) is 0 Å². The fraction of sp³-hybridized carbons (Fsp3) is 0.480. The molecular formula is C25H33FN2O5. The van der Waals surface area contributed by atoms with Gasteiger partial charge in [0.25, 0.3) is 0 Å². The first-order chi connectivity index (χ1) is 15.6. The van der Waals surface area contributed by atoms with Crippen LogP contribution in [0.4, 0.5) is 9.18 Å². The predicted octanol–water partition coefficient (Wildman–Crippen LogP) is 3.74. The highest BCUT2D eigenvalue weighted by Gasteiger charge is 2.47. The molecule has 0 aromatic heterocycles. The monoisotopic (exact) mass is 460 g/mol. The Balaban J connectivity index is 1.80. The first-order valence-electron chi connectivity index (χ1n) is 11.0. The van der Waals surface area contributed by atoms with Gasteiger partial charge in [-0.05, 0) is 58.2 Å². The van der Waals surface area contributed by atoms with E-state index in [4.69, 9.17) is 14.2 Å². The first kappa shape index (κ1) is 24.8. The van der Waals surface area contributed by atoms with Crippen LogP contribution in [0.15, 0.2) is 48.5 Å². The molecule has 0 spiro atoms. The standard InChI is InChI=1S/C25H33FN2O5/c1-25(2,3)33-24(30)27-19-14-21(32-18-12-10-17(26)11-13-18)23(29)22(19)28(4)15-16-8-6-7-9-20(16)31-5/h6-13,19,21-23,29H,14-15H2,1-5H3,(H,27,30)/t19-,21-,22+,23+/m1/s1. The molecule has 1 fully saturated rings. The number of aliphatic hydroxyl groups is 1. The molecule has 0 radical (unpaired) electrons. The van der Waals surface area contributed by atoms with Crippen LogP contribution in [-0.2, 0) is 11.3 Å². The Labute approximate surface area is 194 Å². The van der Waals surface area contributed by atoms with E-state index < -0.39 is 36.0 Å². The zero-order valence-corrected chi connectivity index (χ0v) is 19.7. The fourth-order valence-electron chi connectivity index (χ4n) is 4.17. The molecule has 8 heteroatoms. The second-order valence-corrected chi connectivity index (χ2v) is 9.31. The van der Waals surface area contributed by atoms with Crippen molar-refractivity contribution in [3.8, 4) is 11.5 Å². The van der Waals surface area contributed by atoms with E-state index in [0.717, 1.165) is 11.3 Å². The van der Waals surface area contributed by atoms with Crippen molar-refractivity contribution in [2.24, 2.45) is 0 Å². The van der Waals surface area contributed by atoms with Gasteiger partial charge in [-0.15, -0.1) is 0 Å². The summed E-state index contributed by atoms with van der Waals surface area (Å²) < 4.78 is 30.1. The van der Waals surface area contributed by atoms with Gasteiger partial charge in [0.2, 0.25) is 0 Å². The van der Waals surface area contributed by atoms with Crippen molar-refractivity contribution in [2.45, 2.75) is 63.6 Å². The summed E-state index contributed by atoms with van der Waals surface area (Å²) in [6.45, 7) is 5.87. The number of amides is 1. The smallest absolute Gasteiger partial charge is 0.407 e. The number of ether oxygens (including phenoxy) is 3. The Morgan fingerprint density at radius 2 is 1.85 bits per heavy atom. The van der Waals surface area contributed by atoms with Gasteiger partial charge >= 0.3 is 6.09 Å². The molecule has 0 aliphatic heterocycles. The van der Waals surface area contributed by atoms with Crippen LogP contribution in [0.5, 0.6) is 11.5 Å². The third-order valence-corrected chi connectivity index (χ3v) is 5.55. The van der Waals surface area contributed by atoms with Crippen molar-refractivity contribution in [1.29, 1.82) is 0 Å². The van der Waals surface area contributed by atoms with Crippen molar-refractivity contribution in [2.75, 3.05) is 14.2 Å². The summed E-state index contributed by atoms with van der Waals surface area (Å²) in [5.74, 6) is 0.824. The van der Waals surface area contributed by atoms with Crippen LogP contribution >= 0.6 is 0 Å². The topological polar surface area (TPSA) is 80.3 Å². The van der Waals surface area contributed by atoms with Crippen molar-refractivity contribution in [3.63, 3.8) is 0 Å². The lowest BCUT2D eigenvalue weighted by atomic mass is 10.1. The molecule has 2 N–H and O–H groups in total. The second kappa shape index (κ2) is 10.4. The number of benzene rings is 2. The Kier molecular flexibility index (Phi) is 7.81. The zero-order chi connectivity index (χ0) is 24.2. The molecule has 0 saturated heterocycles. The summed E-state index contributed by atoms with van der Waals surface area (Å²) in [5.41, 5.74) is 0.304. The number of likely N-dealkylation sites (N-methyl/N-ethyl adjacent to an activating group) is 1. The number of rotatable bonds is 7. The molecule has 1 amide bonds. The molecule has 180 valence electrons. The molecule has 0 unspecified atom stereocenters. The second-order valence-electron chi connectivity index (χ2n) is 9.31. The lowest BCUT2D eigenvalue weighted by Crippen LogP contribution is -2.52. The van der Waals surface area contributed by atoms with Gasteiger partial charge in [-0.1, -0.05) is 18.2 Å². The van der Waals surface area contributed by atoms with Crippen LogP contribution < -0.4 is 14.8 Å². The van der Waals surface area contributed by atoms with Gasteiger partial charge < -0.3 is 24.6 Å². The van der Waals surface area contributed by atoms with Gasteiger partial charge in [-0.2, -0.15) is 0 Å². The number of nitrogens with zero attached hydrogens (tertiary/aromatic N) is 1. The lowest BCUT2D eigenvalue weighted by molar-refractivity contribution is 0.0107. The van der Waals surface area contributed by atoms with Gasteiger partial charge in [0.15, 0.2) is 0 Å². The molecule has 33 heavy (non-hydrogen) atoms. The molecule has 1 aliphatic carbocycles. The molecule has 2 aromatic carbocycles. The van der Waals surface area contributed by atoms with Gasteiger partial charge in [-0.3, -0.25) is 4.90 Å². The molecular weight excluding hydrogens is 427 g/mol. The number of halogens is 1. The number of para-hydroxylation sites is 1. The average molecular weight is 461 g/mol. The van der Waals surface area contributed by atoms with E-state index in [-0.39, 0.29) is 5.82 Å². The Morgan fingerprint density at radius 1 is 1.18 bits per heavy atom. The molecule has 0 heterocycles. The highest BCUT2D eigenvalue weighted by Crippen LogP contribution is 2.31. The van der Waals surface area contributed by atoms with Gasteiger partial charge in [-0.25, -0.2) is 9.18 Å². The number of methoxy groups -OCH3 is 1. The summed E-state index contributed by atoms with van der Waals surface area (Å²) in [4.78, 5) is 14.5. The van der Waals surface area contributed by atoms with Crippen molar-refractivity contribution < 1.29 is 28.5 Å². The molecule has 0 bridgehead atoms. The SMILES string of the molecule is COc1ccccc1CN(C)[C@@H]1[C@@H](O)[C@H](Oc2ccc(F)cc2)C[C@H]1NC(=O)OC(C)(C)C. The van der Waals surface area contributed by atoms with Crippen LogP contribution in [0.1, 0.15) is 32.8 Å².